The molecule has 13 nitrogen and oxygen atoms in total. The highest BCUT2D eigenvalue weighted by molar-refractivity contribution is 7.61. The van der Waals surface area contributed by atoms with Crippen molar-refractivity contribution in [3.63, 3.8) is 0 Å². The summed E-state index contributed by atoms with van der Waals surface area (Å²) in [6.45, 7) is -0.995. The Morgan fingerprint density at radius 2 is 1.41 bits per heavy atom. The lowest BCUT2D eigenvalue weighted by molar-refractivity contribution is -0.344. The first-order chi connectivity index (χ1) is 9.70. The highest BCUT2D eigenvalue weighted by atomic mass is 31.3. The summed E-state index contributed by atoms with van der Waals surface area (Å²) in [5.74, 6) is 0. The quantitative estimate of drug-likeness (QED) is 0.391. The van der Waals surface area contributed by atoms with Crippen LogP contribution in [0, 0.1) is 0 Å². The van der Waals surface area contributed by atoms with Crippen LogP contribution >= 0.6 is 23.2 Å². The number of aliphatic hydroxyl groups is 2. The topological polar surface area (TPSA) is 235 Å². The Labute approximate surface area is 123 Å². The van der Waals surface area contributed by atoms with E-state index in [1.165, 1.54) is 0 Å². The van der Waals surface area contributed by atoms with E-state index in [9.17, 15) is 48.4 Å². The molecule has 0 aliphatic carbocycles. The van der Waals surface area contributed by atoms with E-state index in [4.69, 9.17) is 4.74 Å². The summed E-state index contributed by atoms with van der Waals surface area (Å²) in [5, 5.41) is 19.0. The third kappa shape index (κ3) is 6.81. The number of hydrogen-bond donors (Lipinski definition) is 2. The molecule has 0 amide bonds. The molecule has 1 aliphatic heterocycles. The van der Waals surface area contributed by atoms with Gasteiger partial charge in [-0.15, -0.1) is 0 Å². The SMILES string of the molecule is O=P([O-])([O-])OC[C@H]1O[C@H](CP(=O)([O-])OP(=O)([O-])[O-])[C@@H](O)[C@@H]1O. The molecule has 0 saturated carbocycles. The summed E-state index contributed by atoms with van der Waals surface area (Å²) in [7, 11) is -16.5. The summed E-state index contributed by atoms with van der Waals surface area (Å²) in [4.78, 5) is 52.3. The van der Waals surface area contributed by atoms with E-state index in [2.05, 4.69) is 8.83 Å². The number of aliphatic hydroxyl groups excluding tert-OH is 2. The van der Waals surface area contributed by atoms with Crippen LogP contribution in [0.4, 0.5) is 0 Å². The summed E-state index contributed by atoms with van der Waals surface area (Å²) >= 11 is 0. The molecule has 22 heavy (non-hydrogen) atoms. The molecule has 0 aromatic heterocycles. The van der Waals surface area contributed by atoms with Gasteiger partial charge in [-0.3, -0.25) is 0 Å². The minimum absolute atomic E-state index is 0.995. The van der Waals surface area contributed by atoms with Gasteiger partial charge in [-0.2, -0.15) is 0 Å². The van der Waals surface area contributed by atoms with E-state index in [-0.39, 0.29) is 0 Å². The summed E-state index contributed by atoms with van der Waals surface area (Å²) in [5.41, 5.74) is 0. The standard InChI is InChI=1S/C6H15O13P3/c7-5-3(1-17-21(11,12)13)18-4(6(5)8)2-20(9,10)19-22(14,15)16/h3-8H,1-2H2,(H,9,10)(H2,11,12,13)(H2,14,15,16)/p-5/t3-,4-,5-,6-/m1/s1. The molecular weight excluding hydrogens is 373 g/mol. The molecule has 1 saturated heterocycles. The van der Waals surface area contributed by atoms with E-state index in [1.54, 1.807) is 0 Å². The number of phosphoric ester groups is 1. The van der Waals surface area contributed by atoms with Gasteiger partial charge in [0.15, 0.2) is 0 Å². The maximum atomic E-state index is 11.3. The molecule has 1 heterocycles. The minimum Gasteiger partial charge on any atom is -0.790 e. The third-order valence-corrected chi connectivity index (χ3v) is 5.55. The normalized spacial score (nSPS) is 32.9. The molecule has 5 atom stereocenters. The minimum atomic E-state index is -5.85. The molecule has 0 spiro atoms. The van der Waals surface area contributed by atoms with Crippen LogP contribution in [-0.4, -0.2) is 47.4 Å². The van der Waals surface area contributed by atoms with Crippen LogP contribution < -0.4 is 24.5 Å². The Bertz CT molecular complexity index is 522. The second-order valence-electron chi connectivity index (χ2n) is 4.26. The Morgan fingerprint density at radius 3 is 1.86 bits per heavy atom. The van der Waals surface area contributed by atoms with Crippen molar-refractivity contribution in [1.29, 1.82) is 0 Å². The molecule has 0 radical (unpaired) electrons. The molecule has 0 aromatic rings. The zero-order valence-corrected chi connectivity index (χ0v) is 13.1. The van der Waals surface area contributed by atoms with Gasteiger partial charge in [0.1, 0.15) is 25.9 Å². The molecular formula is C6H10O13P3-5. The second kappa shape index (κ2) is 7.04. The van der Waals surface area contributed by atoms with Crippen LogP contribution in [0.3, 0.4) is 0 Å². The van der Waals surface area contributed by atoms with Crippen molar-refractivity contribution in [3.8, 4) is 0 Å². The molecule has 1 aliphatic rings. The van der Waals surface area contributed by atoms with Crippen LogP contribution in [-0.2, 0) is 27.3 Å². The van der Waals surface area contributed by atoms with Gasteiger partial charge in [-0.05, 0) is 0 Å². The molecule has 132 valence electrons. The lowest BCUT2D eigenvalue weighted by Crippen LogP contribution is -2.36. The van der Waals surface area contributed by atoms with Crippen LogP contribution in [0.25, 0.3) is 0 Å². The summed E-state index contributed by atoms with van der Waals surface area (Å²) in [6.07, 6.45) is -8.28. The van der Waals surface area contributed by atoms with E-state index in [0.717, 1.165) is 0 Å². The molecule has 2 N–H and O–H groups in total. The van der Waals surface area contributed by atoms with E-state index >= 15 is 0 Å². The largest absolute Gasteiger partial charge is 0.790 e. The predicted molar refractivity (Wildman–Crippen MR) is 55.4 cm³/mol. The fourth-order valence-electron chi connectivity index (χ4n) is 1.69. The van der Waals surface area contributed by atoms with Crippen LogP contribution in [0.15, 0.2) is 0 Å². The van der Waals surface area contributed by atoms with Crippen molar-refractivity contribution in [1.82, 2.24) is 0 Å². The predicted octanol–water partition coefficient (Wildman–Crippen LogP) is -5.28. The maximum Gasteiger partial charge on any atom is 0.142 e. The average Bonchev–Trinajstić information content (AvgIpc) is 2.49. The maximum absolute atomic E-state index is 11.3. The molecule has 0 bridgehead atoms. The first kappa shape index (κ1) is 20.3. The number of hydrogen-bond acceptors (Lipinski definition) is 13. The van der Waals surface area contributed by atoms with Crippen molar-refractivity contribution in [2.75, 3.05) is 12.8 Å². The Kier molecular flexibility index (Phi) is 6.51. The van der Waals surface area contributed by atoms with Gasteiger partial charge in [-0.25, -0.2) is 0 Å². The first-order valence-electron chi connectivity index (χ1n) is 5.42. The van der Waals surface area contributed by atoms with Gasteiger partial charge in [0.25, 0.3) is 0 Å². The van der Waals surface area contributed by atoms with E-state index < -0.39 is 60.4 Å². The van der Waals surface area contributed by atoms with Gasteiger partial charge in [-0.1, -0.05) is 0 Å². The second-order valence-corrected chi connectivity index (χ2v) is 8.55. The average molecular weight is 383 g/mol. The summed E-state index contributed by atoms with van der Waals surface area (Å²) < 4.78 is 43.7. The highest BCUT2D eigenvalue weighted by Crippen LogP contribution is 2.51. The zero-order chi connectivity index (χ0) is 17.3. The number of ether oxygens (including phenoxy) is 1. The van der Waals surface area contributed by atoms with E-state index in [0.29, 0.717) is 0 Å². The van der Waals surface area contributed by atoms with Crippen molar-refractivity contribution in [2.24, 2.45) is 0 Å². The van der Waals surface area contributed by atoms with Gasteiger partial charge in [0.2, 0.25) is 0 Å². The molecule has 16 heteroatoms. The van der Waals surface area contributed by atoms with Crippen LogP contribution in [0.5, 0.6) is 0 Å². The first-order valence-corrected chi connectivity index (χ1v) is 10.1. The fraction of sp³-hybridized carbons (Fsp3) is 1.00. The van der Waals surface area contributed by atoms with Gasteiger partial charge in [0, 0.05) is 6.16 Å². The van der Waals surface area contributed by atoms with Gasteiger partial charge < -0.3 is 61.9 Å². The fourth-order valence-corrected chi connectivity index (χ4v) is 4.24. The lowest BCUT2D eigenvalue weighted by Gasteiger charge is -2.37. The Balaban J connectivity index is 2.68. The van der Waals surface area contributed by atoms with Crippen LogP contribution in [0.1, 0.15) is 0 Å². The molecule has 1 unspecified atom stereocenters. The molecule has 1 rings (SSSR count). The smallest absolute Gasteiger partial charge is 0.142 e. The molecule has 1 fully saturated rings. The Morgan fingerprint density at radius 1 is 0.909 bits per heavy atom. The van der Waals surface area contributed by atoms with Crippen molar-refractivity contribution in [3.05, 3.63) is 0 Å². The number of phosphoric acid groups is 2. The highest BCUT2D eigenvalue weighted by Gasteiger charge is 2.44. The van der Waals surface area contributed by atoms with Gasteiger partial charge >= 0.3 is 0 Å². The van der Waals surface area contributed by atoms with Crippen LogP contribution in [0.2, 0.25) is 0 Å². The van der Waals surface area contributed by atoms with Crippen molar-refractivity contribution < 1.29 is 61.9 Å². The number of rotatable bonds is 7. The van der Waals surface area contributed by atoms with Crippen molar-refractivity contribution in [2.45, 2.75) is 24.4 Å². The monoisotopic (exact) mass is 383 g/mol. The zero-order valence-electron chi connectivity index (χ0n) is 10.5. The molecule has 0 aromatic carbocycles. The van der Waals surface area contributed by atoms with Gasteiger partial charge in [0.05, 0.1) is 28.4 Å². The van der Waals surface area contributed by atoms with E-state index in [1.807, 2.05) is 0 Å². The Hall–Kier alpha value is 0.290. The lowest BCUT2D eigenvalue weighted by atomic mass is 10.1. The third-order valence-electron chi connectivity index (χ3n) is 2.49. The van der Waals surface area contributed by atoms with Crippen molar-refractivity contribution >= 4 is 23.2 Å². The summed E-state index contributed by atoms with van der Waals surface area (Å²) in [6, 6.07) is 0.